The molecule has 23 heavy (non-hydrogen) atoms. The van der Waals surface area contributed by atoms with Crippen molar-refractivity contribution in [2.24, 2.45) is 4.99 Å². The Hall–Kier alpha value is -1.64. The second kappa shape index (κ2) is 10.2. The monoisotopic (exact) mass is 428 g/mol. The summed E-state index contributed by atoms with van der Waals surface area (Å²) >= 11 is 0. The van der Waals surface area contributed by atoms with Gasteiger partial charge in [-0.3, -0.25) is 9.56 Å². The fourth-order valence-electron chi connectivity index (χ4n) is 2.23. The van der Waals surface area contributed by atoms with E-state index < -0.39 is 0 Å². The molecule has 0 saturated carbocycles. The van der Waals surface area contributed by atoms with Gasteiger partial charge in [-0.15, -0.1) is 34.2 Å². The molecule has 126 valence electrons. The maximum Gasteiger partial charge on any atom is 0.193 e. The van der Waals surface area contributed by atoms with Gasteiger partial charge in [-0.25, -0.2) is 0 Å². The molecule has 0 saturated heterocycles. The van der Waals surface area contributed by atoms with Crippen molar-refractivity contribution in [1.82, 2.24) is 25.0 Å². The molecule has 1 N–H and O–H groups in total. The van der Waals surface area contributed by atoms with Crippen molar-refractivity contribution < 1.29 is 0 Å². The molecule has 7 heteroatoms. The highest BCUT2D eigenvalue weighted by atomic mass is 127. The van der Waals surface area contributed by atoms with Gasteiger partial charge < -0.3 is 10.2 Å². The van der Waals surface area contributed by atoms with Crippen LogP contribution in [0, 0.1) is 0 Å². The number of benzene rings is 1. The third kappa shape index (κ3) is 5.49. The molecule has 0 amide bonds. The number of unbranched alkanes of at least 4 members (excludes halogenated alkanes) is 1. The second-order valence-corrected chi connectivity index (χ2v) is 5.13. The molecule has 0 aliphatic heterocycles. The first kappa shape index (κ1) is 19.4. The molecule has 0 unspecified atom stereocenters. The van der Waals surface area contributed by atoms with Crippen LogP contribution in [0.3, 0.4) is 0 Å². The van der Waals surface area contributed by atoms with E-state index in [1.807, 2.05) is 41.9 Å². The van der Waals surface area contributed by atoms with Crippen LogP contribution < -0.4 is 5.32 Å². The topological polar surface area (TPSA) is 58.3 Å². The van der Waals surface area contributed by atoms with Crippen LogP contribution in [0.4, 0.5) is 0 Å². The number of rotatable bonds is 6. The molecule has 2 aromatic rings. The molecule has 6 nitrogen and oxygen atoms in total. The van der Waals surface area contributed by atoms with Crippen molar-refractivity contribution in [3.8, 4) is 5.69 Å². The minimum absolute atomic E-state index is 0. The number of nitrogens with one attached hydrogen (secondary N) is 1. The molecule has 2 rings (SSSR count). The van der Waals surface area contributed by atoms with Gasteiger partial charge in [0.15, 0.2) is 11.8 Å². The van der Waals surface area contributed by atoms with Gasteiger partial charge in [-0.05, 0) is 18.6 Å². The van der Waals surface area contributed by atoms with Crippen LogP contribution in [0.2, 0.25) is 0 Å². The van der Waals surface area contributed by atoms with E-state index in [0.29, 0.717) is 6.54 Å². The highest BCUT2D eigenvalue weighted by Crippen LogP contribution is 2.08. The molecule has 0 aliphatic carbocycles. The Morgan fingerprint density at radius 1 is 1.30 bits per heavy atom. The minimum atomic E-state index is 0. The van der Waals surface area contributed by atoms with E-state index in [4.69, 9.17) is 0 Å². The second-order valence-electron chi connectivity index (χ2n) is 5.13. The van der Waals surface area contributed by atoms with Gasteiger partial charge in [0, 0.05) is 26.3 Å². The molecule has 1 aromatic carbocycles. The van der Waals surface area contributed by atoms with Gasteiger partial charge in [-0.2, -0.15) is 0 Å². The van der Waals surface area contributed by atoms with Gasteiger partial charge in [0.05, 0.1) is 6.54 Å². The Balaban J connectivity index is 0.00000264. The molecule has 1 aromatic heterocycles. The van der Waals surface area contributed by atoms with Crippen LogP contribution in [0.1, 0.15) is 25.6 Å². The summed E-state index contributed by atoms with van der Waals surface area (Å²) in [5.41, 5.74) is 1.05. The van der Waals surface area contributed by atoms with Gasteiger partial charge in [0.1, 0.15) is 6.33 Å². The van der Waals surface area contributed by atoms with Crippen LogP contribution in [-0.2, 0) is 6.54 Å². The van der Waals surface area contributed by atoms with Crippen molar-refractivity contribution in [3.63, 3.8) is 0 Å². The van der Waals surface area contributed by atoms with Crippen molar-refractivity contribution >= 4 is 29.9 Å². The summed E-state index contributed by atoms with van der Waals surface area (Å²) in [7, 11) is 3.85. The number of para-hydroxylation sites is 1. The summed E-state index contributed by atoms with van der Waals surface area (Å²) < 4.78 is 1.98. The third-order valence-electron chi connectivity index (χ3n) is 3.48. The predicted octanol–water partition coefficient (Wildman–Crippen LogP) is 2.69. The Kier molecular flexibility index (Phi) is 8.60. The summed E-state index contributed by atoms with van der Waals surface area (Å²) in [6.07, 6.45) is 4.05. The number of hydrogen-bond donors (Lipinski definition) is 1. The van der Waals surface area contributed by atoms with Gasteiger partial charge in [-0.1, -0.05) is 31.5 Å². The molecular weight excluding hydrogens is 403 g/mol. The highest BCUT2D eigenvalue weighted by Gasteiger charge is 2.09. The van der Waals surface area contributed by atoms with Crippen LogP contribution in [0.25, 0.3) is 5.69 Å². The zero-order valence-electron chi connectivity index (χ0n) is 13.9. The fraction of sp³-hybridized carbons (Fsp3) is 0.438. The lowest BCUT2D eigenvalue weighted by atomic mass is 10.3. The summed E-state index contributed by atoms with van der Waals surface area (Å²) in [6, 6.07) is 10.1. The maximum atomic E-state index is 4.32. The minimum Gasteiger partial charge on any atom is -0.349 e. The number of hydrogen-bond acceptors (Lipinski definition) is 3. The standard InChI is InChI=1S/C16H24N6.HI/c1-4-5-11-21(3)16(17-2)18-12-15-20-19-13-22(15)14-9-7-6-8-10-14;/h6-10,13H,4-5,11-12H2,1-3H3,(H,17,18);1H. The largest absolute Gasteiger partial charge is 0.349 e. The number of aromatic nitrogens is 3. The lowest BCUT2D eigenvalue weighted by molar-refractivity contribution is 0.463. The van der Waals surface area contributed by atoms with Crippen LogP contribution in [0.5, 0.6) is 0 Å². The molecular formula is C16H25IN6. The number of aliphatic imine (C=N–C) groups is 1. The summed E-state index contributed by atoms with van der Waals surface area (Å²) in [4.78, 5) is 6.45. The molecule has 1 heterocycles. The summed E-state index contributed by atoms with van der Waals surface area (Å²) in [5.74, 6) is 1.73. The van der Waals surface area contributed by atoms with E-state index in [1.165, 1.54) is 6.42 Å². The van der Waals surface area contributed by atoms with Gasteiger partial charge >= 0.3 is 0 Å². The van der Waals surface area contributed by atoms with E-state index in [-0.39, 0.29) is 24.0 Å². The molecule has 0 spiro atoms. The molecule has 0 bridgehead atoms. The molecule has 0 radical (unpaired) electrons. The maximum absolute atomic E-state index is 4.32. The summed E-state index contributed by atoms with van der Waals surface area (Å²) in [6.45, 7) is 3.76. The first-order valence-corrected chi connectivity index (χ1v) is 7.62. The molecule has 0 atom stereocenters. The molecule has 0 fully saturated rings. The van der Waals surface area contributed by atoms with E-state index in [1.54, 1.807) is 13.4 Å². The first-order chi connectivity index (χ1) is 10.8. The van der Waals surface area contributed by atoms with Crippen LogP contribution in [-0.4, -0.2) is 46.3 Å². The highest BCUT2D eigenvalue weighted by molar-refractivity contribution is 14.0. The van der Waals surface area contributed by atoms with E-state index in [2.05, 4.69) is 32.3 Å². The van der Waals surface area contributed by atoms with Gasteiger partial charge in [0.2, 0.25) is 0 Å². The first-order valence-electron chi connectivity index (χ1n) is 7.62. The average Bonchev–Trinajstić information content (AvgIpc) is 3.02. The number of halogens is 1. The Morgan fingerprint density at radius 2 is 2.04 bits per heavy atom. The zero-order valence-corrected chi connectivity index (χ0v) is 16.3. The van der Waals surface area contributed by atoms with E-state index >= 15 is 0 Å². The lowest BCUT2D eigenvalue weighted by Gasteiger charge is -2.21. The van der Waals surface area contributed by atoms with Crippen LogP contribution in [0.15, 0.2) is 41.7 Å². The Labute approximate surface area is 155 Å². The van der Waals surface area contributed by atoms with Crippen molar-refractivity contribution in [2.75, 3.05) is 20.6 Å². The Bertz CT molecular complexity index is 596. The fourth-order valence-corrected chi connectivity index (χ4v) is 2.23. The molecule has 0 aliphatic rings. The van der Waals surface area contributed by atoms with E-state index in [0.717, 1.165) is 30.4 Å². The van der Waals surface area contributed by atoms with E-state index in [9.17, 15) is 0 Å². The average molecular weight is 428 g/mol. The smallest absolute Gasteiger partial charge is 0.193 e. The zero-order chi connectivity index (χ0) is 15.8. The summed E-state index contributed by atoms with van der Waals surface area (Å²) in [5, 5.41) is 11.6. The van der Waals surface area contributed by atoms with Crippen molar-refractivity contribution in [1.29, 1.82) is 0 Å². The lowest BCUT2D eigenvalue weighted by Crippen LogP contribution is -2.39. The number of nitrogens with zero attached hydrogens (tertiary/aromatic N) is 5. The Morgan fingerprint density at radius 3 is 2.70 bits per heavy atom. The normalized spacial score (nSPS) is 11.0. The number of guanidine groups is 1. The SMILES string of the molecule is CCCCN(C)C(=NC)NCc1nncn1-c1ccccc1.I. The van der Waals surface area contributed by atoms with Crippen molar-refractivity contribution in [2.45, 2.75) is 26.3 Å². The van der Waals surface area contributed by atoms with Crippen molar-refractivity contribution in [3.05, 3.63) is 42.5 Å². The quantitative estimate of drug-likeness (QED) is 0.437. The predicted molar refractivity (Wildman–Crippen MR) is 105 cm³/mol. The third-order valence-corrected chi connectivity index (χ3v) is 3.48. The van der Waals surface area contributed by atoms with Crippen LogP contribution >= 0.6 is 24.0 Å². The van der Waals surface area contributed by atoms with Gasteiger partial charge in [0.25, 0.3) is 0 Å².